The van der Waals surface area contributed by atoms with Crippen LogP contribution in [0.1, 0.15) is 48.6 Å². The van der Waals surface area contributed by atoms with Crippen LogP contribution in [0.2, 0.25) is 0 Å². The number of aryl methyl sites for hydroxylation is 2. The first-order valence-electron chi connectivity index (χ1n) is 13.0. The van der Waals surface area contributed by atoms with E-state index in [2.05, 4.69) is 62.3 Å². The van der Waals surface area contributed by atoms with E-state index in [0.29, 0.717) is 5.11 Å². The van der Waals surface area contributed by atoms with Crippen LogP contribution < -0.4 is 20.3 Å². The Labute approximate surface area is 234 Å². The maximum absolute atomic E-state index is 12.3. The van der Waals surface area contributed by atoms with Gasteiger partial charge < -0.3 is 24.8 Å². The maximum Gasteiger partial charge on any atom is 0.226 e. The van der Waals surface area contributed by atoms with Crippen LogP contribution in [0.3, 0.4) is 0 Å². The van der Waals surface area contributed by atoms with E-state index >= 15 is 0 Å². The smallest absolute Gasteiger partial charge is 0.226 e. The largest absolute Gasteiger partial charge is 0.497 e. The SMILES string of the molecule is COc1ccc(-n2c(C)ccc2[C@@H]2[C@@H](c3ccccn3)NC(=S)N2c2ccc(NC(=O)C(C)C)c(C)c2)cc1. The van der Waals surface area contributed by atoms with Crippen molar-refractivity contribution in [2.24, 2.45) is 5.92 Å². The summed E-state index contributed by atoms with van der Waals surface area (Å²) < 4.78 is 7.65. The maximum atomic E-state index is 12.3. The Morgan fingerprint density at radius 2 is 1.77 bits per heavy atom. The number of anilines is 2. The van der Waals surface area contributed by atoms with E-state index in [9.17, 15) is 4.79 Å². The molecule has 5 rings (SSSR count). The van der Waals surface area contributed by atoms with Crippen molar-refractivity contribution in [2.75, 3.05) is 17.3 Å². The second kappa shape index (κ2) is 10.9. The van der Waals surface area contributed by atoms with Crippen molar-refractivity contribution in [1.82, 2.24) is 14.9 Å². The monoisotopic (exact) mass is 539 g/mol. The number of methoxy groups -OCH3 is 1. The predicted molar refractivity (Wildman–Crippen MR) is 160 cm³/mol. The van der Waals surface area contributed by atoms with Gasteiger partial charge in [-0.3, -0.25) is 9.78 Å². The van der Waals surface area contributed by atoms with Crippen LogP contribution in [0.25, 0.3) is 5.69 Å². The van der Waals surface area contributed by atoms with Crippen LogP contribution >= 0.6 is 12.2 Å². The Hall–Kier alpha value is -4.17. The third kappa shape index (κ3) is 5.12. The summed E-state index contributed by atoms with van der Waals surface area (Å²) in [6.07, 6.45) is 1.81. The molecule has 0 aliphatic carbocycles. The van der Waals surface area contributed by atoms with Gasteiger partial charge in [-0.2, -0.15) is 0 Å². The first-order chi connectivity index (χ1) is 18.8. The van der Waals surface area contributed by atoms with Gasteiger partial charge in [0.1, 0.15) is 11.8 Å². The molecule has 39 heavy (non-hydrogen) atoms. The third-order valence-electron chi connectivity index (χ3n) is 7.11. The van der Waals surface area contributed by atoms with Crippen molar-refractivity contribution in [3.63, 3.8) is 0 Å². The number of thiocarbonyl (C=S) groups is 1. The van der Waals surface area contributed by atoms with E-state index in [1.807, 2.05) is 69.4 Å². The van der Waals surface area contributed by atoms with Crippen LogP contribution in [-0.2, 0) is 4.79 Å². The molecule has 200 valence electrons. The van der Waals surface area contributed by atoms with Gasteiger partial charge in [-0.1, -0.05) is 19.9 Å². The van der Waals surface area contributed by atoms with Crippen LogP contribution in [0.5, 0.6) is 5.75 Å². The molecule has 0 spiro atoms. The number of benzene rings is 2. The number of amides is 1. The molecule has 1 aliphatic rings. The summed E-state index contributed by atoms with van der Waals surface area (Å²) in [5, 5.41) is 7.20. The van der Waals surface area contributed by atoms with E-state index in [1.165, 1.54) is 0 Å². The molecule has 4 aromatic rings. The lowest BCUT2D eigenvalue weighted by Crippen LogP contribution is -2.30. The lowest BCUT2D eigenvalue weighted by atomic mass is 10.00. The topological polar surface area (TPSA) is 71.4 Å². The van der Waals surface area contributed by atoms with Gasteiger partial charge in [-0.15, -0.1) is 0 Å². The molecule has 2 aromatic carbocycles. The van der Waals surface area contributed by atoms with E-state index in [-0.39, 0.29) is 23.9 Å². The van der Waals surface area contributed by atoms with Crippen LogP contribution in [0.15, 0.2) is 79.0 Å². The summed E-state index contributed by atoms with van der Waals surface area (Å²) in [7, 11) is 1.67. The normalized spacial score (nSPS) is 16.9. The predicted octanol–water partition coefficient (Wildman–Crippen LogP) is 6.27. The molecule has 0 radical (unpaired) electrons. The van der Waals surface area contributed by atoms with Crippen molar-refractivity contribution in [3.8, 4) is 11.4 Å². The quantitative estimate of drug-likeness (QED) is 0.270. The molecule has 2 aromatic heterocycles. The van der Waals surface area contributed by atoms with Crippen molar-refractivity contribution >= 4 is 34.6 Å². The Bertz CT molecular complexity index is 1500. The highest BCUT2D eigenvalue weighted by Gasteiger charge is 2.42. The Balaban J connectivity index is 1.62. The molecule has 8 heteroatoms. The lowest BCUT2D eigenvalue weighted by Gasteiger charge is -2.30. The zero-order valence-electron chi connectivity index (χ0n) is 22.8. The fraction of sp³-hybridized carbons (Fsp3) is 0.258. The molecule has 1 aliphatic heterocycles. The second-order valence-corrected chi connectivity index (χ2v) is 10.5. The molecule has 1 saturated heterocycles. The summed E-state index contributed by atoms with van der Waals surface area (Å²) in [6.45, 7) is 7.87. The minimum Gasteiger partial charge on any atom is -0.497 e. The highest BCUT2D eigenvalue weighted by Crippen LogP contribution is 2.43. The molecule has 2 atom stereocenters. The van der Waals surface area contributed by atoms with Gasteiger partial charge in [0.25, 0.3) is 0 Å². The summed E-state index contributed by atoms with van der Waals surface area (Å²) >= 11 is 5.95. The fourth-order valence-corrected chi connectivity index (χ4v) is 5.37. The molecule has 0 saturated carbocycles. The van der Waals surface area contributed by atoms with Gasteiger partial charge in [-0.05, 0) is 98.4 Å². The summed E-state index contributed by atoms with van der Waals surface area (Å²) in [4.78, 5) is 19.2. The number of carbonyl (C=O) groups is 1. The number of hydrogen-bond acceptors (Lipinski definition) is 4. The first kappa shape index (κ1) is 26.4. The molecule has 1 amide bonds. The van der Waals surface area contributed by atoms with Crippen LogP contribution in [0.4, 0.5) is 11.4 Å². The molecule has 2 N–H and O–H groups in total. The number of nitrogens with zero attached hydrogens (tertiary/aromatic N) is 3. The third-order valence-corrected chi connectivity index (χ3v) is 7.42. The standard InChI is InChI=1S/C31H33N5O2S/c1-19(2)30(37)33-25-15-12-23(18-20(25)3)36-29(28(34-31(36)39)26-8-6-7-17-32-26)27-16-9-21(4)35(27)22-10-13-24(38-5)14-11-22/h6-19,28-29H,1-5H3,(H,33,37)(H,34,39)/t28-,29-/m1/s1. The van der Waals surface area contributed by atoms with E-state index in [1.54, 1.807) is 7.11 Å². The summed E-state index contributed by atoms with van der Waals surface area (Å²) in [6, 6.07) is 24.0. The number of nitrogens with one attached hydrogen (secondary N) is 2. The van der Waals surface area contributed by atoms with Crippen molar-refractivity contribution in [2.45, 2.75) is 39.8 Å². The van der Waals surface area contributed by atoms with Gasteiger partial charge in [0.2, 0.25) is 5.91 Å². The van der Waals surface area contributed by atoms with Crippen molar-refractivity contribution < 1.29 is 9.53 Å². The summed E-state index contributed by atoms with van der Waals surface area (Å²) in [5.74, 6) is 0.698. The van der Waals surface area contributed by atoms with E-state index in [0.717, 1.165) is 45.5 Å². The van der Waals surface area contributed by atoms with E-state index < -0.39 is 0 Å². The average molecular weight is 540 g/mol. The molecular weight excluding hydrogens is 506 g/mol. The molecular formula is C31H33N5O2S. The molecule has 7 nitrogen and oxygen atoms in total. The van der Waals surface area contributed by atoms with Crippen molar-refractivity contribution in [3.05, 3.63) is 102 Å². The van der Waals surface area contributed by atoms with Gasteiger partial charge in [-0.25, -0.2) is 0 Å². The van der Waals surface area contributed by atoms with Crippen LogP contribution in [-0.4, -0.2) is 27.7 Å². The number of carbonyl (C=O) groups excluding carboxylic acids is 1. The Kier molecular flexibility index (Phi) is 7.39. The van der Waals surface area contributed by atoms with Crippen molar-refractivity contribution in [1.29, 1.82) is 0 Å². The van der Waals surface area contributed by atoms with Gasteiger partial charge in [0.15, 0.2) is 5.11 Å². The number of aromatic nitrogens is 2. The van der Waals surface area contributed by atoms with E-state index in [4.69, 9.17) is 17.0 Å². The number of pyridine rings is 1. The second-order valence-electron chi connectivity index (χ2n) is 10.1. The van der Waals surface area contributed by atoms with Gasteiger partial charge in [0.05, 0.1) is 18.8 Å². The molecule has 0 unspecified atom stereocenters. The first-order valence-corrected chi connectivity index (χ1v) is 13.4. The highest BCUT2D eigenvalue weighted by atomic mass is 32.1. The minimum atomic E-state index is -0.182. The molecule has 1 fully saturated rings. The average Bonchev–Trinajstić information content (AvgIpc) is 3.49. The Morgan fingerprint density at radius 3 is 2.41 bits per heavy atom. The zero-order chi connectivity index (χ0) is 27.7. The van der Waals surface area contributed by atoms with Crippen LogP contribution in [0, 0.1) is 19.8 Å². The van der Waals surface area contributed by atoms with Gasteiger partial charge >= 0.3 is 0 Å². The van der Waals surface area contributed by atoms with Gasteiger partial charge in [0, 0.05) is 40.6 Å². The fourth-order valence-electron chi connectivity index (χ4n) is 5.02. The highest BCUT2D eigenvalue weighted by molar-refractivity contribution is 7.80. The number of ether oxygens (including phenoxy) is 1. The molecule has 3 heterocycles. The number of hydrogen-bond donors (Lipinski definition) is 2. The zero-order valence-corrected chi connectivity index (χ0v) is 23.6. The summed E-state index contributed by atoms with van der Waals surface area (Å²) in [5.41, 5.74) is 6.83. The number of rotatable bonds is 7. The lowest BCUT2D eigenvalue weighted by molar-refractivity contribution is -0.118. The molecule has 0 bridgehead atoms. The Morgan fingerprint density at radius 1 is 1.03 bits per heavy atom. The minimum absolute atomic E-state index is 0.00917.